The summed E-state index contributed by atoms with van der Waals surface area (Å²) < 4.78 is 18.7. The number of aryl methyl sites for hydroxylation is 1. The van der Waals surface area contributed by atoms with Crippen LogP contribution in [0.3, 0.4) is 0 Å². The van der Waals surface area contributed by atoms with E-state index < -0.39 is 17.8 Å². The molecule has 0 spiro atoms. The molecule has 138 valence electrons. The fourth-order valence-electron chi connectivity index (χ4n) is 2.97. The Hall–Kier alpha value is -2.74. The molecule has 1 N–H and O–H groups in total. The van der Waals surface area contributed by atoms with Crippen LogP contribution in [0.1, 0.15) is 34.3 Å². The lowest BCUT2D eigenvalue weighted by atomic mass is 10.1. The van der Waals surface area contributed by atoms with Crippen molar-refractivity contribution in [3.63, 3.8) is 0 Å². The van der Waals surface area contributed by atoms with Gasteiger partial charge < -0.3 is 19.4 Å². The van der Waals surface area contributed by atoms with Crippen molar-refractivity contribution in [3.05, 3.63) is 53.2 Å². The molecule has 0 aliphatic carbocycles. The smallest absolute Gasteiger partial charge is 0.276 e. The maximum Gasteiger partial charge on any atom is 0.276 e. The van der Waals surface area contributed by atoms with Gasteiger partial charge in [-0.05, 0) is 19.4 Å². The summed E-state index contributed by atoms with van der Waals surface area (Å²) in [5, 5.41) is 14.0. The van der Waals surface area contributed by atoms with Gasteiger partial charge in [0.25, 0.3) is 11.8 Å². The van der Waals surface area contributed by atoms with Crippen LogP contribution in [0.4, 0.5) is 4.39 Å². The summed E-state index contributed by atoms with van der Waals surface area (Å²) in [6.45, 7) is 3.11. The van der Waals surface area contributed by atoms with Crippen LogP contribution in [0.25, 0.3) is 0 Å². The molecule has 1 aliphatic rings. The summed E-state index contributed by atoms with van der Waals surface area (Å²) in [4.78, 5) is 28.0. The molecule has 1 aromatic carbocycles. The molecule has 1 aromatic heterocycles. The van der Waals surface area contributed by atoms with Crippen molar-refractivity contribution in [1.29, 1.82) is 0 Å². The molecule has 0 bridgehead atoms. The maximum atomic E-state index is 13.8. The predicted molar refractivity (Wildman–Crippen MR) is 89.7 cm³/mol. The van der Waals surface area contributed by atoms with Crippen molar-refractivity contribution in [2.75, 3.05) is 26.2 Å². The van der Waals surface area contributed by atoms with E-state index in [1.54, 1.807) is 24.0 Å². The van der Waals surface area contributed by atoms with Crippen LogP contribution in [0.5, 0.6) is 0 Å². The Morgan fingerprint density at radius 2 is 1.88 bits per heavy atom. The Morgan fingerprint density at radius 3 is 2.58 bits per heavy atom. The zero-order valence-electron chi connectivity index (χ0n) is 14.4. The van der Waals surface area contributed by atoms with Crippen molar-refractivity contribution >= 4 is 11.8 Å². The molecule has 2 heterocycles. The third kappa shape index (κ3) is 3.75. The molecule has 3 rings (SSSR count). The fraction of sp³-hybridized carbons (Fsp3) is 0.389. The molecule has 8 heteroatoms. The van der Waals surface area contributed by atoms with Gasteiger partial charge in [0.15, 0.2) is 11.8 Å². The molecular formula is C18H20FN3O4. The molecule has 0 saturated carbocycles. The summed E-state index contributed by atoms with van der Waals surface area (Å²) >= 11 is 0. The van der Waals surface area contributed by atoms with Gasteiger partial charge >= 0.3 is 0 Å². The first-order valence-corrected chi connectivity index (χ1v) is 8.41. The topological polar surface area (TPSA) is 86.9 Å². The van der Waals surface area contributed by atoms with Crippen molar-refractivity contribution in [2.24, 2.45) is 0 Å². The summed E-state index contributed by atoms with van der Waals surface area (Å²) in [5.41, 5.74) is 0.182. The van der Waals surface area contributed by atoms with Gasteiger partial charge in [-0.25, -0.2) is 4.39 Å². The number of amides is 2. The molecule has 26 heavy (non-hydrogen) atoms. The van der Waals surface area contributed by atoms with Crippen molar-refractivity contribution in [2.45, 2.75) is 19.4 Å². The second kappa shape index (κ2) is 7.65. The van der Waals surface area contributed by atoms with Crippen LogP contribution in [0.15, 0.2) is 34.9 Å². The lowest BCUT2D eigenvalue weighted by Crippen LogP contribution is -2.39. The summed E-state index contributed by atoms with van der Waals surface area (Å²) in [6.07, 6.45) is -1.00. The Morgan fingerprint density at radius 1 is 1.19 bits per heavy atom. The quantitative estimate of drug-likeness (QED) is 0.896. The Kier molecular flexibility index (Phi) is 5.32. The number of nitrogens with zero attached hydrogens (tertiary/aromatic N) is 3. The highest BCUT2D eigenvalue weighted by Gasteiger charge is 2.29. The zero-order chi connectivity index (χ0) is 18.7. The monoisotopic (exact) mass is 361 g/mol. The average Bonchev–Trinajstić information content (AvgIpc) is 2.92. The lowest BCUT2D eigenvalue weighted by Gasteiger charge is -2.24. The van der Waals surface area contributed by atoms with Gasteiger partial charge in [-0.3, -0.25) is 9.59 Å². The Balaban J connectivity index is 1.65. The second-order valence-corrected chi connectivity index (χ2v) is 6.22. The van der Waals surface area contributed by atoms with E-state index >= 15 is 0 Å². The van der Waals surface area contributed by atoms with Crippen molar-refractivity contribution in [1.82, 2.24) is 15.0 Å². The molecule has 7 nitrogen and oxygen atoms in total. The van der Waals surface area contributed by atoms with E-state index in [4.69, 9.17) is 4.52 Å². The van der Waals surface area contributed by atoms with Crippen LogP contribution in [-0.4, -0.2) is 58.1 Å². The molecule has 1 aliphatic heterocycles. The van der Waals surface area contributed by atoms with Gasteiger partial charge in [-0.15, -0.1) is 0 Å². The fourth-order valence-corrected chi connectivity index (χ4v) is 2.97. The van der Waals surface area contributed by atoms with Crippen molar-refractivity contribution < 1.29 is 23.6 Å². The molecule has 1 atom stereocenters. The van der Waals surface area contributed by atoms with E-state index in [0.717, 1.165) is 0 Å². The average molecular weight is 361 g/mol. The van der Waals surface area contributed by atoms with Gasteiger partial charge in [0.05, 0.1) is 0 Å². The van der Waals surface area contributed by atoms with Crippen LogP contribution in [0, 0.1) is 12.7 Å². The number of halogens is 1. The number of carbonyl (C=O) groups excluding carboxylic acids is 2. The van der Waals surface area contributed by atoms with Gasteiger partial charge in [0.1, 0.15) is 11.6 Å². The number of aliphatic hydroxyl groups excluding tert-OH is 1. The molecule has 1 saturated heterocycles. The molecule has 1 unspecified atom stereocenters. The van der Waals surface area contributed by atoms with E-state index in [1.807, 2.05) is 0 Å². The third-order valence-corrected chi connectivity index (χ3v) is 4.38. The number of carbonyl (C=O) groups is 2. The maximum absolute atomic E-state index is 13.8. The normalized spacial score (nSPS) is 16.3. The second-order valence-electron chi connectivity index (χ2n) is 6.22. The Labute approximate surface area is 150 Å². The first-order chi connectivity index (χ1) is 12.5. The van der Waals surface area contributed by atoms with Gasteiger partial charge in [-0.1, -0.05) is 23.4 Å². The first kappa shape index (κ1) is 18.1. The summed E-state index contributed by atoms with van der Waals surface area (Å²) in [5.74, 6) is -0.901. The number of rotatable bonds is 3. The molecule has 0 radical (unpaired) electrons. The Bertz CT molecular complexity index is 807. The lowest BCUT2D eigenvalue weighted by molar-refractivity contribution is -0.140. The number of benzene rings is 1. The van der Waals surface area contributed by atoms with E-state index in [0.29, 0.717) is 31.8 Å². The first-order valence-electron chi connectivity index (χ1n) is 8.41. The van der Waals surface area contributed by atoms with Crippen LogP contribution in [-0.2, 0) is 4.79 Å². The third-order valence-electron chi connectivity index (χ3n) is 4.38. The van der Waals surface area contributed by atoms with Gasteiger partial charge in [0, 0.05) is 37.8 Å². The number of hydrogen-bond acceptors (Lipinski definition) is 5. The highest BCUT2D eigenvalue weighted by molar-refractivity contribution is 5.92. The van der Waals surface area contributed by atoms with E-state index in [2.05, 4.69) is 5.16 Å². The zero-order valence-corrected chi connectivity index (χ0v) is 14.4. The van der Waals surface area contributed by atoms with Crippen LogP contribution < -0.4 is 0 Å². The molecule has 2 aromatic rings. The summed E-state index contributed by atoms with van der Waals surface area (Å²) in [6, 6.07) is 7.22. The van der Waals surface area contributed by atoms with Crippen molar-refractivity contribution in [3.8, 4) is 0 Å². The molecule has 1 fully saturated rings. The number of aromatic nitrogens is 1. The largest absolute Gasteiger partial charge is 0.378 e. The minimum atomic E-state index is -1.56. The van der Waals surface area contributed by atoms with Gasteiger partial charge in [-0.2, -0.15) is 0 Å². The van der Waals surface area contributed by atoms with E-state index in [9.17, 15) is 19.1 Å². The highest BCUT2D eigenvalue weighted by Crippen LogP contribution is 2.20. The minimum absolute atomic E-state index is 0.0484. The van der Waals surface area contributed by atoms with E-state index in [1.165, 1.54) is 23.1 Å². The SMILES string of the molecule is Cc1cc(C(=O)N2CCCN(C(=O)C(O)c3ccccc3F)CC2)no1. The van der Waals surface area contributed by atoms with E-state index in [-0.39, 0.29) is 23.7 Å². The predicted octanol–water partition coefficient (Wildman–Crippen LogP) is 1.53. The number of aliphatic hydroxyl groups is 1. The van der Waals surface area contributed by atoms with Crippen LogP contribution in [0.2, 0.25) is 0 Å². The molecule has 2 amide bonds. The standard InChI is InChI=1S/C18H20FN3O4/c1-12-11-15(20-26-12)17(24)21-7-4-8-22(10-9-21)18(25)16(23)13-5-2-3-6-14(13)19/h2-3,5-6,11,16,23H,4,7-10H2,1H3. The minimum Gasteiger partial charge on any atom is -0.378 e. The summed E-state index contributed by atoms with van der Waals surface area (Å²) in [7, 11) is 0. The number of hydrogen-bond donors (Lipinski definition) is 1. The van der Waals surface area contributed by atoms with Gasteiger partial charge in [0.2, 0.25) is 0 Å². The molecular weight excluding hydrogens is 341 g/mol. The van der Waals surface area contributed by atoms with Crippen LogP contribution >= 0.6 is 0 Å². The highest BCUT2D eigenvalue weighted by atomic mass is 19.1.